The second kappa shape index (κ2) is 9.02. The minimum absolute atomic E-state index is 0.0861. The van der Waals surface area contributed by atoms with Crippen LogP contribution in [0.1, 0.15) is 34.6 Å². The van der Waals surface area contributed by atoms with Crippen LogP contribution in [-0.4, -0.2) is 42.8 Å². The van der Waals surface area contributed by atoms with Crippen molar-refractivity contribution >= 4 is 48.6 Å². The molecule has 1 aliphatic carbocycles. The fourth-order valence-corrected chi connectivity index (χ4v) is 5.66. The third kappa shape index (κ3) is 4.43. The highest BCUT2D eigenvalue weighted by molar-refractivity contribution is 7.86. The maximum atomic E-state index is 12.7. The van der Waals surface area contributed by atoms with Gasteiger partial charge >= 0.3 is 5.97 Å². The van der Waals surface area contributed by atoms with E-state index in [9.17, 15) is 40.6 Å². The molecule has 0 atom stereocenters. The number of rotatable bonds is 6. The lowest BCUT2D eigenvalue weighted by Gasteiger charge is -2.22. The molecule has 0 aromatic heterocycles. The molecule has 38 heavy (non-hydrogen) atoms. The van der Waals surface area contributed by atoms with Gasteiger partial charge in [0.2, 0.25) is 0 Å². The Hall–Kier alpha value is -4.11. The summed E-state index contributed by atoms with van der Waals surface area (Å²) in [5.74, 6) is -3.09. The summed E-state index contributed by atoms with van der Waals surface area (Å²) in [6.45, 7) is 3.24. The van der Waals surface area contributed by atoms with Crippen molar-refractivity contribution in [3.05, 3.63) is 58.9 Å². The van der Waals surface area contributed by atoms with Crippen LogP contribution in [0, 0.1) is 11.3 Å². The standard InChI is InChI=1S/C24H20N2O10S2/c1-10(2)19(27)11-3-4-12(24(28)29)15(9-11)18-13-5-7-16(25)22(37(30,31)32)20(13)36-21-14(18)6-8-17(26)23(21)38(33,34)35/h3-10,25H,26H2,1-2H3,(H,28,29)(H,30,31,32)(H,33,34,35)/p-2. The van der Waals surface area contributed by atoms with Gasteiger partial charge in [-0.2, -0.15) is 0 Å². The largest absolute Gasteiger partial charge is 0.744 e. The number of nitrogens with two attached hydrogens (primary N) is 1. The van der Waals surface area contributed by atoms with Gasteiger partial charge in [0.15, 0.2) is 17.1 Å². The molecule has 4 rings (SSSR count). The molecular weight excluding hydrogens is 540 g/mol. The highest BCUT2D eigenvalue weighted by Gasteiger charge is 2.29. The second-order valence-corrected chi connectivity index (χ2v) is 11.3. The summed E-state index contributed by atoms with van der Waals surface area (Å²) >= 11 is 0. The lowest BCUT2D eigenvalue weighted by molar-refractivity contribution is 0.0697. The van der Waals surface area contributed by atoms with Gasteiger partial charge in [0.1, 0.15) is 30.0 Å². The number of carboxylic acids is 1. The molecule has 0 radical (unpaired) electrons. The first-order chi connectivity index (χ1) is 17.5. The number of nitrogens with one attached hydrogen (secondary N) is 1. The summed E-state index contributed by atoms with van der Waals surface area (Å²) < 4.78 is 78.3. The van der Waals surface area contributed by atoms with Gasteiger partial charge in [-0.15, -0.1) is 0 Å². The zero-order valence-electron chi connectivity index (χ0n) is 19.6. The van der Waals surface area contributed by atoms with Crippen molar-refractivity contribution in [2.45, 2.75) is 23.6 Å². The number of anilines is 1. The van der Waals surface area contributed by atoms with E-state index in [-0.39, 0.29) is 39.0 Å². The van der Waals surface area contributed by atoms with Crippen LogP contribution in [0.3, 0.4) is 0 Å². The van der Waals surface area contributed by atoms with E-state index in [2.05, 4.69) is 0 Å². The number of aromatic carboxylic acids is 1. The van der Waals surface area contributed by atoms with Gasteiger partial charge in [-0.3, -0.25) is 10.2 Å². The van der Waals surface area contributed by atoms with E-state index in [1.807, 2.05) is 0 Å². The third-order valence-corrected chi connectivity index (χ3v) is 7.65. The molecule has 14 heteroatoms. The molecule has 0 saturated heterocycles. The van der Waals surface area contributed by atoms with Crippen molar-refractivity contribution in [1.82, 2.24) is 0 Å². The van der Waals surface area contributed by atoms with Gasteiger partial charge in [-0.25, -0.2) is 21.6 Å². The smallest absolute Gasteiger partial charge is 0.336 e. The monoisotopic (exact) mass is 558 g/mol. The van der Waals surface area contributed by atoms with Gasteiger partial charge in [0, 0.05) is 28.0 Å². The highest BCUT2D eigenvalue weighted by Crippen LogP contribution is 2.45. The van der Waals surface area contributed by atoms with Crippen LogP contribution >= 0.6 is 0 Å². The molecule has 4 N–H and O–H groups in total. The normalized spacial score (nSPS) is 12.3. The second-order valence-electron chi connectivity index (χ2n) is 8.65. The van der Waals surface area contributed by atoms with Crippen LogP contribution in [0.2, 0.25) is 0 Å². The Bertz CT molecular complexity index is 1920. The molecule has 2 aromatic carbocycles. The summed E-state index contributed by atoms with van der Waals surface area (Å²) in [6, 6.07) is 8.07. The van der Waals surface area contributed by atoms with Crippen molar-refractivity contribution < 1.29 is 45.1 Å². The number of benzene rings is 3. The van der Waals surface area contributed by atoms with Gasteiger partial charge < -0.3 is 24.4 Å². The number of carboxylic acid groups (broad SMARTS) is 1. The summed E-state index contributed by atoms with van der Waals surface area (Å²) in [7, 11) is -10.8. The zero-order chi connectivity index (χ0) is 28.3. The first-order valence-electron chi connectivity index (χ1n) is 10.7. The minimum Gasteiger partial charge on any atom is -0.744 e. The van der Waals surface area contributed by atoms with E-state index in [1.54, 1.807) is 13.8 Å². The number of hydrogen-bond acceptors (Lipinski definition) is 11. The molecule has 0 bridgehead atoms. The molecule has 1 aliphatic heterocycles. The highest BCUT2D eigenvalue weighted by atomic mass is 32.2. The van der Waals surface area contributed by atoms with Crippen LogP contribution in [0.25, 0.3) is 33.4 Å². The van der Waals surface area contributed by atoms with Crippen LogP contribution in [-0.2, 0) is 20.2 Å². The maximum absolute atomic E-state index is 12.7. The van der Waals surface area contributed by atoms with E-state index in [4.69, 9.17) is 15.6 Å². The number of Topliss-reactive ketones (excluding diaryl/α,β-unsaturated/α-hetero) is 1. The molecule has 0 saturated carbocycles. The number of fused-ring (bicyclic) bond motifs is 2. The molecule has 2 aliphatic rings. The average molecular weight is 559 g/mol. The van der Waals surface area contributed by atoms with Crippen molar-refractivity contribution in [1.29, 1.82) is 5.41 Å². The molecule has 12 nitrogen and oxygen atoms in total. The van der Waals surface area contributed by atoms with E-state index in [1.165, 1.54) is 24.3 Å². The van der Waals surface area contributed by atoms with Crippen LogP contribution in [0.5, 0.6) is 0 Å². The molecule has 2 aromatic rings. The van der Waals surface area contributed by atoms with Gasteiger partial charge in [-0.05, 0) is 42.0 Å². The molecule has 1 heterocycles. The molecule has 198 valence electrons. The summed E-state index contributed by atoms with van der Waals surface area (Å²) in [6.07, 6.45) is 0. The average Bonchev–Trinajstić information content (AvgIpc) is 2.79. The maximum Gasteiger partial charge on any atom is 0.336 e. The van der Waals surface area contributed by atoms with Crippen LogP contribution < -0.4 is 11.1 Å². The van der Waals surface area contributed by atoms with Gasteiger partial charge in [0.05, 0.1) is 16.6 Å². The first kappa shape index (κ1) is 26.9. The minimum atomic E-state index is -5.41. The van der Waals surface area contributed by atoms with E-state index in [0.717, 1.165) is 18.2 Å². The van der Waals surface area contributed by atoms with Crippen molar-refractivity contribution in [2.75, 3.05) is 5.73 Å². The lowest BCUT2D eigenvalue weighted by atomic mass is 9.88. The third-order valence-electron chi connectivity index (χ3n) is 5.83. The van der Waals surface area contributed by atoms with E-state index < -0.39 is 64.3 Å². The molecule has 0 fully saturated rings. The fraction of sp³-hybridized carbons (Fsp3) is 0.125. The van der Waals surface area contributed by atoms with Crippen LogP contribution in [0.4, 0.5) is 5.69 Å². The Kier molecular flexibility index (Phi) is 6.40. The number of nitrogen functional groups attached to an aromatic ring is 1. The van der Waals surface area contributed by atoms with E-state index >= 15 is 0 Å². The molecule has 0 unspecified atom stereocenters. The fourth-order valence-electron chi connectivity index (χ4n) is 4.20. The Morgan fingerprint density at radius 2 is 1.58 bits per heavy atom. The van der Waals surface area contributed by atoms with Gasteiger partial charge in [-0.1, -0.05) is 19.9 Å². The van der Waals surface area contributed by atoms with Crippen LogP contribution in [0.15, 0.2) is 56.7 Å². The Morgan fingerprint density at radius 3 is 2.13 bits per heavy atom. The quantitative estimate of drug-likeness (QED) is 0.135. The topological polar surface area (TPSA) is 232 Å². The van der Waals surface area contributed by atoms with Crippen molar-refractivity contribution in [2.24, 2.45) is 5.92 Å². The summed E-state index contributed by atoms with van der Waals surface area (Å²) in [5.41, 5.74) is 3.62. The zero-order valence-corrected chi connectivity index (χ0v) is 21.3. The summed E-state index contributed by atoms with van der Waals surface area (Å²) in [4.78, 5) is 22.7. The predicted octanol–water partition coefficient (Wildman–Crippen LogP) is 2.61. The van der Waals surface area contributed by atoms with E-state index in [0.29, 0.717) is 0 Å². The number of ketones is 1. The Balaban J connectivity index is 2.37. The van der Waals surface area contributed by atoms with Gasteiger partial charge in [0.25, 0.3) is 0 Å². The Labute approximate surface area is 215 Å². The molecule has 0 amide bonds. The van der Waals surface area contributed by atoms with Crippen molar-refractivity contribution in [3.8, 4) is 22.5 Å². The predicted molar refractivity (Wildman–Crippen MR) is 131 cm³/mol. The number of carbonyl (C=O) groups is 2. The Morgan fingerprint density at radius 1 is 0.947 bits per heavy atom. The number of carbonyl (C=O) groups excluding carboxylic acids is 1. The number of hydrogen-bond donors (Lipinski definition) is 3. The first-order valence-corrected chi connectivity index (χ1v) is 13.6. The molecule has 0 spiro atoms. The lowest BCUT2D eigenvalue weighted by Crippen LogP contribution is -2.17. The summed E-state index contributed by atoms with van der Waals surface area (Å²) in [5, 5.41) is 16.9. The molecular formula is C24H18N2O10S2-2. The van der Waals surface area contributed by atoms with Crippen molar-refractivity contribution in [3.63, 3.8) is 0 Å². The SMILES string of the molecule is CC(C)C(=O)c1ccc(C(=O)O)c(-c2c3ccc(=N)c(S(=O)(=O)[O-])c-3oc3c(S(=O)(=O)[O-])c(N)ccc23)c1.